The lowest BCUT2D eigenvalue weighted by atomic mass is 9.91. The predicted molar refractivity (Wildman–Crippen MR) is 131 cm³/mol. The Hall–Kier alpha value is -3.39. The molecule has 7 nitrogen and oxygen atoms in total. The Morgan fingerprint density at radius 2 is 1.58 bits per heavy atom. The number of thiocarbonyl (C=S) groups is 1. The Morgan fingerprint density at radius 3 is 2.21 bits per heavy atom. The van der Waals surface area contributed by atoms with E-state index in [-0.39, 0.29) is 11.8 Å². The van der Waals surface area contributed by atoms with E-state index >= 15 is 0 Å². The van der Waals surface area contributed by atoms with Crippen LogP contribution in [0.4, 0.5) is 5.69 Å². The lowest BCUT2D eigenvalue weighted by molar-refractivity contribution is -0.135. The first-order chi connectivity index (χ1) is 15.7. The second kappa shape index (κ2) is 10.0. The van der Waals surface area contributed by atoms with Gasteiger partial charge >= 0.3 is 0 Å². The van der Waals surface area contributed by atoms with Crippen LogP contribution in [0.2, 0.25) is 0 Å². The number of carbonyl (C=O) groups is 4. The summed E-state index contributed by atoms with van der Waals surface area (Å²) < 4.78 is 0. The lowest BCUT2D eigenvalue weighted by Crippen LogP contribution is -2.55. The van der Waals surface area contributed by atoms with Gasteiger partial charge in [-0.25, -0.2) is 5.01 Å². The zero-order valence-corrected chi connectivity index (χ0v) is 19.8. The Morgan fingerprint density at radius 1 is 0.970 bits per heavy atom. The molecule has 0 spiro atoms. The number of hydrogen-bond acceptors (Lipinski definition) is 5. The molecule has 8 heteroatoms. The number of nitrogens with one attached hydrogen (secondary N) is 2. The second-order valence-corrected chi connectivity index (χ2v) is 8.68. The molecule has 2 aromatic rings. The monoisotopic (exact) mass is 465 g/mol. The standard InChI is InChI=1S/C25H27N3O4S/c1-14(2)22(21(29)13-33)24(31)26-16(4)23(30)27-28-20-12-8-7-11-19(20)18-10-6-5-9-17(18)15(3)25(28)32/h5-16,22H,1-4H3,(H,26,31)(H,27,30)/t15?,16-,22?/m0/s1. The van der Waals surface area contributed by atoms with Gasteiger partial charge in [0.1, 0.15) is 12.0 Å². The van der Waals surface area contributed by atoms with Crippen molar-refractivity contribution in [3.05, 3.63) is 54.1 Å². The number of Topliss-reactive ketones (excluding diaryl/α,β-unsaturated/α-hetero) is 1. The van der Waals surface area contributed by atoms with Crippen LogP contribution >= 0.6 is 12.2 Å². The van der Waals surface area contributed by atoms with Gasteiger partial charge in [-0.2, -0.15) is 0 Å². The van der Waals surface area contributed by atoms with Gasteiger partial charge in [0.15, 0.2) is 5.78 Å². The van der Waals surface area contributed by atoms with E-state index in [1.54, 1.807) is 32.9 Å². The zero-order valence-electron chi connectivity index (χ0n) is 19.0. The molecule has 1 heterocycles. The zero-order chi connectivity index (χ0) is 24.3. The third-order valence-electron chi connectivity index (χ3n) is 5.80. The predicted octanol–water partition coefficient (Wildman–Crippen LogP) is 3.18. The number of amides is 3. The molecule has 0 bridgehead atoms. The van der Waals surface area contributed by atoms with Crippen molar-refractivity contribution in [3.63, 3.8) is 0 Å². The maximum Gasteiger partial charge on any atom is 0.261 e. The maximum absolute atomic E-state index is 13.3. The van der Waals surface area contributed by atoms with Crippen molar-refractivity contribution in [1.29, 1.82) is 0 Å². The van der Waals surface area contributed by atoms with Crippen LogP contribution < -0.4 is 15.8 Å². The number of benzene rings is 2. The summed E-state index contributed by atoms with van der Waals surface area (Å²) in [4.78, 5) is 51.0. The van der Waals surface area contributed by atoms with Crippen molar-refractivity contribution in [3.8, 4) is 11.1 Å². The van der Waals surface area contributed by atoms with E-state index in [1.165, 1.54) is 11.9 Å². The molecule has 3 amide bonds. The van der Waals surface area contributed by atoms with Gasteiger partial charge in [0, 0.05) is 10.9 Å². The van der Waals surface area contributed by atoms with Crippen LogP contribution in [0.25, 0.3) is 11.1 Å². The fourth-order valence-electron chi connectivity index (χ4n) is 3.99. The summed E-state index contributed by atoms with van der Waals surface area (Å²) in [6.07, 6.45) is 0. The van der Waals surface area contributed by atoms with Crippen molar-refractivity contribution in [2.45, 2.75) is 39.7 Å². The molecular weight excluding hydrogens is 438 g/mol. The third kappa shape index (κ3) is 4.85. The maximum atomic E-state index is 13.3. The van der Waals surface area contributed by atoms with E-state index in [4.69, 9.17) is 0 Å². The third-order valence-corrected chi connectivity index (χ3v) is 6.03. The lowest BCUT2D eigenvalue weighted by Gasteiger charge is -2.27. The first kappa shape index (κ1) is 24.3. The number of ketones is 1. The second-order valence-electron chi connectivity index (χ2n) is 8.45. The van der Waals surface area contributed by atoms with Gasteiger partial charge in [0.05, 0.1) is 11.6 Å². The molecule has 0 fully saturated rings. The number of fused-ring (bicyclic) bond motifs is 3. The van der Waals surface area contributed by atoms with Crippen LogP contribution in [0.1, 0.15) is 39.2 Å². The summed E-state index contributed by atoms with van der Waals surface area (Å²) in [7, 11) is 0. The fraction of sp³-hybridized carbons (Fsp3) is 0.320. The van der Waals surface area contributed by atoms with E-state index < -0.39 is 35.5 Å². The average Bonchev–Trinajstić information content (AvgIpc) is 2.88. The van der Waals surface area contributed by atoms with Gasteiger partial charge in [-0.15, -0.1) is 0 Å². The van der Waals surface area contributed by atoms with Crippen LogP contribution in [0.3, 0.4) is 0 Å². The van der Waals surface area contributed by atoms with Crippen LogP contribution in [0.15, 0.2) is 48.5 Å². The normalized spacial score (nSPS) is 16.7. The van der Waals surface area contributed by atoms with Gasteiger partial charge in [0.2, 0.25) is 5.91 Å². The molecule has 1 aliphatic rings. The summed E-state index contributed by atoms with van der Waals surface area (Å²) in [5, 5.41) is 4.76. The highest BCUT2D eigenvalue weighted by atomic mass is 32.1. The van der Waals surface area contributed by atoms with Gasteiger partial charge in [-0.1, -0.05) is 68.5 Å². The van der Waals surface area contributed by atoms with Gasteiger partial charge in [-0.05, 0) is 37.0 Å². The summed E-state index contributed by atoms with van der Waals surface area (Å²) in [6.45, 7) is 6.76. The molecule has 1 aliphatic heterocycles. The highest BCUT2D eigenvalue weighted by Gasteiger charge is 2.34. The Kier molecular flexibility index (Phi) is 7.38. The topological polar surface area (TPSA) is 95.6 Å². The molecular formula is C25H27N3O4S. The Labute approximate surface area is 198 Å². The molecule has 0 saturated heterocycles. The minimum atomic E-state index is -0.988. The fourth-order valence-corrected chi connectivity index (χ4v) is 4.13. The number of nitrogens with zero attached hydrogens (tertiary/aromatic N) is 1. The van der Waals surface area contributed by atoms with Gasteiger partial charge < -0.3 is 5.32 Å². The van der Waals surface area contributed by atoms with Crippen LogP contribution in [-0.2, 0) is 19.2 Å². The minimum Gasteiger partial charge on any atom is -0.344 e. The molecule has 33 heavy (non-hydrogen) atoms. The van der Waals surface area contributed by atoms with E-state index in [1.807, 2.05) is 36.4 Å². The molecule has 2 aromatic carbocycles. The van der Waals surface area contributed by atoms with Crippen LogP contribution in [0, 0.1) is 11.8 Å². The number of anilines is 1. The highest BCUT2D eigenvalue weighted by Crippen LogP contribution is 2.39. The van der Waals surface area contributed by atoms with Crippen molar-refractivity contribution in [2.75, 3.05) is 5.01 Å². The summed E-state index contributed by atoms with van der Waals surface area (Å²) in [5.74, 6) is -3.70. The van der Waals surface area contributed by atoms with Crippen molar-refractivity contribution < 1.29 is 19.2 Å². The number of hydrogen-bond donors (Lipinski definition) is 2. The van der Waals surface area contributed by atoms with Crippen molar-refractivity contribution >= 4 is 46.8 Å². The molecule has 0 saturated carbocycles. The van der Waals surface area contributed by atoms with Gasteiger partial charge in [0.25, 0.3) is 11.8 Å². The molecule has 0 aromatic heterocycles. The Bertz CT molecular complexity index is 1110. The average molecular weight is 466 g/mol. The number of carbonyl (C=O) groups excluding carboxylic acids is 4. The molecule has 0 radical (unpaired) electrons. The van der Waals surface area contributed by atoms with Gasteiger partial charge in [-0.3, -0.25) is 24.6 Å². The number of hydrazine groups is 1. The number of para-hydroxylation sites is 1. The van der Waals surface area contributed by atoms with E-state index in [0.29, 0.717) is 5.69 Å². The summed E-state index contributed by atoms with van der Waals surface area (Å²) in [5.41, 5.74) is 5.81. The van der Waals surface area contributed by atoms with Crippen LogP contribution in [0.5, 0.6) is 0 Å². The number of rotatable bonds is 7. The molecule has 172 valence electrons. The highest BCUT2D eigenvalue weighted by molar-refractivity contribution is 7.80. The molecule has 3 rings (SSSR count). The molecule has 2 N–H and O–H groups in total. The van der Waals surface area contributed by atoms with E-state index in [2.05, 4.69) is 23.0 Å². The summed E-state index contributed by atoms with van der Waals surface area (Å²) in [6, 6.07) is 14.0. The quantitative estimate of drug-likeness (QED) is 0.484. The van der Waals surface area contributed by atoms with Crippen LogP contribution in [-0.4, -0.2) is 34.9 Å². The summed E-state index contributed by atoms with van der Waals surface area (Å²) >= 11 is 4.69. The largest absolute Gasteiger partial charge is 0.344 e. The molecule has 0 aliphatic carbocycles. The minimum absolute atomic E-state index is 0.287. The van der Waals surface area contributed by atoms with E-state index in [9.17, 15) is 19.2 Å². The van der Waals surface area contributed by atoms with E-state index in [0.717, 1.165) is 22.1 Å². The molecule has 2 unspecified atom stereocenters. The van der Waals surface area contributed by atoms with Crippen molar-refractivity contribution in [2.24, 2.45) is 11.8 Å². The molecule has 3 atom stereocenters. The SMILES string of the molecule is CC1C(=O)N(NC(=O)[C@H](C)NC(=O)C(C(=O)C=S)C(C)C)c2ccccc2-c2ccccc21. The first-order valence-corrected chi connectivity index (χ1v) is 11.3. The first-order valence-electron chi connectivity index (χ1n) is 10.8. The Balaban J connectivity index is 1.86. The van der Waals surface area contributed by atoms with Crippen molar-refractivity contribution in [1.82, 2.24) is 10.7 Å². The smallest absolute Gasteiger partial charge is 0.261 e.